The molecule has 0 aromatic carbocycles. The predicted molar refractivity (Wildman–Crippen MR) is 38.5 cm³/mol. The Balaban J connectivity index is 2.27. The first-order valence-corrected chi connectivity index (χ1v) is 3.73. The normalized spacial score (nSPS) is 37.4. The molecule has 0 N–H and O–H groups in total. The van der Waals surface area contributed by atoms with Crippen molar-refractivity contribution in [3.05, 3.63) is 0 Å². The van der Waals surface area contributed by atoms with Crippen LogP contribution in [0.3, 0.4) is 0 Å². The lowest BCUT2D eigenvalue weighted by Gasteiger charge is -2.25. The van der Waals surface area contributed by atoms with Gasteiger partial charge in [-0.3, -0.25) is 0 Å². The fourth-order valence-electron chi connectivity index (χ4n) is 1.75. The maximum atomic E-state index is 5.29. The summed E-state index contributed by atoms with van der Waals surface area (Å²) < 4.78 is 0. The molecular formula is C7H12N2O. The van der Waals surface area contributed by atoms with Crippen molar-refractivity contribution in [1.82, 2.24) is 4.90 Å². The molecular weight excluding hydrogens is 128 g/mol. The number of oxime groups is 1. The van der Waals surface area contributed by atoms with Crippen LogP contribution in [0, 0.1) is 0 Å². The first-order valence-electron chi connectivity index (χ1n) is 3.73. The Morgan fingerprint density at radius 3 is 3.20 bits per heavy atom. The molecule has 0 aromatic heterocycles. The smallest absolute Gasteiger partial charge is 0.208 e. The lowest BCUT2D eigenvalue weighted by atomic mass is 10.2. The summed E-state index contributed by atoms with van der Waals surface area (Å²) in [6.07, 6.45) is 2.33. The van der Waals surface area contributed by atoms with E-state index in [1.807, 2.05) is 6.92 Å². The zero-order valence-electron chi connectivity index (χ0n) is 6.42. The van der Waals surface area contributed by atoms with E-state index in [4.69, 9.17) is 4.84 Å². The number of hydrogen-bond donors (Lipinski definition) is 0. The van der Waals surface area contributed by atoms with Gasteiger partial charge in [-0.05, 0) is 20.3 Å². The largest absolute Gasteiger partial charge is 0.366 e. The molecule has 1 unspecified atom stereocenters. The average molecular weight is 140 g/mol. The minimum absolute atomic E-state index is 0.0932. The first kappa shape index (κ1) is 6.01. The van der Waals surface area contributed by atoms with E-state index in [2.05, 4.69) is 17.0 Å². The maximum absolute atomic E-state index is 5.29. The number of nitrogens with zero attached hydrogens (tertiary/aromatic N) is 2. The Morgan fingerprint density at radius 1 is 1.70 bits per heavy atom. The second kappa shape index (κ2) is 1.65. The van der Waals surface area contributed by atoms with Crippen molar-refractivity contribution < 1.29 is 4.84 Å². The van der Waals surface area contributed by atoms with Crippen molar-refractivity contribution in [3.8, 4) is 0 Å². The van der Waals surface area contributed by atoms with Crippen LogP contribution < -0.4 is 0 Å². The molecule has 0 amide bonds. The van der Waals surface area contributed by atoms with E-state index in [0.29, 0.717) is 0 Å². The second-order valence-electron chi connectivity index (χ2n) is 3.16. The van der Waals surface area contributed by atoms with Gasteiger partial charge in [0.1, 0.15) is 5.84 Å². The van der Waals surface area contributed by atoms with Crippen molar-refractivity contribution in [2.75, 3.05) is 6.54 Å². The monoisotopic (exact) mass is 140 g/mol. The molecule has 1 atom stereocenters. The standard InChI is InChI=1S/C7H12N2O/c1-6-8-10-7(2)4-3-5-9(6)7/h3-5H2,1-2H3. The third-order valence-electron chi connectivity index (χ3n) is 2.36. The highest BCUT2D eigenvalue weighted by molar-refractivity contribution is 5.81. The van der Waals surface area contributed by atoms with Gasteiger partial charge >= 0.3 is 0 Å². The third-order valence-corrected chi connectivity index (χ3v) is 2.36. The van der Waals surface area contributed by atoms with Crippen molar-refractivity contribution in [3.63, 3.8) is 0 Å². The summed E-state index contributed by atoms with van der Waals surface area (Å²) in [7, 11) is 0. The van der Waals surface area contributed by atoms with Crippen molar-refractivity contribution in [2.45, 2.75) is 32.4 Å². The van der Waals surface area contributed by atoms with Gasteiger partial charge in [0.05, 0.1) is 0 Å². The molecule has 1 fully saturated rings. The van der Waals surface area contributed by atoms with Gasteiger partial charge in [0.25, 0.3) is 0 Å². The van der Waals surface area contributed by atoms with Gasteiger partial charge in [-0.25, -0.2) is 0 Å². The molecule has 2 aliphatic rings. The highest BCUT2D eigenvalue weighted by Crippen LogP contribution is 2.34. The third kappa shape index (κ3) is 0.576. The molecule has 0 radical (unpaired) electrons. The van der Waals surface area contributed by atoms with E-state index in [0.717, 1.165) is 18.8 Å². The number of hydrogen-bond acceptors (Lipinski definition) is 3. The summed E-state index contributed by atoms with van der Waals surface area (Å²) in [6, 6.07) is 0. The molecule has 0 spiro atoms. The Morgan fingerprint density at radius 2 is 2.50 bits per heavy atom. The summed E-state index contributed by atoms with van der Waals surface area (Å²) in [5.41, 5.74) is -0.0932. The Hall–Kier alpha value is -0.730. The van der Waals surface area contributed by atoms with Crippen LogP contribution in [0.4, 0.5) is 0 Å². The fraction of sp³-hybridized carbons (Fsp3) is 0.857. The summed E-state index contributed by atoms with van der Waals surface area (Å²) in [6.45, 7) is 5.20. The zero-order valence-corrected chi connectivity index (χ0v) is 6.42. The van der Waals surface area contributed by atoms with Crippen LogP contribution in [0.1, 0.15) is 26.7 Å². The minimum Gasteiger partial charge on any atom is -0.366 e. The maximum Gasteiger partial charge on any atom is 0.208 e. The Kier molecular flexibility index (Phi) is 0.993. The summed E-state index contributed by atoms with van der Waals surface area (Å²) in [4.78, 5) is 7.52. The van der Waals surface area contributed by atoms with E-state index in [1.54, 1.807) is 0 Å². The molecule has 2 aliphatic heterocycles. The lowest BCUT2D eigenvalue weighted by Crippen LogP contribution is -2.39. The first-order chi connectivity index (χ1) is 4.72. The molecule has 2 heterocycles. The second-order valence-corrected chi connectivity index (χ2v) is 3.16. The van der Waals surface area contributed by atoms with Gasteiger partial charge in [-0.15, -0.1) is 0 Å². The van der Waals surface area contributed by atoms with Gasteiger partial charge < -0.3 is 9.74 Å². The van der Waals surface area contributed by atoms with Crippen molar-refractivity contribution >= 4 is 5.84 Å². The lowest BCUT2D eigenvalue weighted by molar-refractivity contribution is -0.0625. The fourth-order valence-corrected chi connectivity index (χ4v) is 1.75. The van der Waals surface area contributed by atoms with Crippen LogP contribution in [0.2, 0.25) is 0 Å². The van der Waals surface area contributed by atoms with Crippen LogP contribution in [0.5, 0.6) is 0 Å². The summed E-state index contributed by atoms with van der Waals surface area (Å²) in [5, 5.41) is 3.94. The molecule has 0 aromatic rings. The van der Waals surface area contributed by atoms with Gasteiger partial charge in [-0.2, -0.15) is 0 Å². The van der Waals surface area contributed by atoms with Crippen LogP contribution in [0.25, 0.3) is 0 Å². The molecule has 2 rings (SSSR count). The average Bonchev–Trinajstić information content (AvgIpc) is 2.35. The quantitative estimate of drug-likeness (QED) is 0.504. The van der Waals surface area contributed by atoms with E-state index in [-0.39, 0.29) is 5.72 Å². The molecule has 3 nitrogen and oxygen atoms in total. The van der Waals surface area contributed by atoms with Crippen LogP contribution in [-0.2, 0) is 4.84 Å². The van der Waals surface area contributed by atoms with Crippen LogP contribution in [-0.4, -0.2) is 23.0 Å². The highest BCUT2D eigenvalue weighted by atomic mass is 16.7. The molecule has 56 valence electrons. The minimum atomic E-state index is -0.0932. The van der Waals surface area contributed by atoms with E-state index in [9.17, 15) is 0 Å². The van der Waals surface area contributed by atoms with Crippen molar-refractivity contribution in [1.29, 1.82) is 0 Å². The number of amidine groups is 1. The zero-order chi connectivity index (χ0) is 7.19. The van der Waals surface area contributed by atoms with E-state index in [1.165, 1.54) is 6.42 Å². The summed E-state index contributed by atoms with van der Waals surface area (Å²) >= 11 is 0. The molecule has 1 saturated heterocycles. The Bertz CT molecular complexity index is 190. The van der Waals surface area contributed by atoms with Gasteiger partial charge in [0, 0.05) is 13.0 Å². The molecule has 0 bridgehead atoms. The van der Waals surface area contributed by atoms with Crippen LogP contribution in [0.15, 0.2) is 5.16 Å². The predicted octanol–water partition coefficient (Wildman–Crippen LogP) is 1.16. The van der Waals surface area contributed by atoms with E-state index < -0.39 is 0 Å². The molecule has 0 aliphatic carbocycles. The van der Waals surface area contributed by atoms with Gasteiger partial charge in [0.15, 0.2) is 0 Å². The SMILES string of the molecule is CC1=NOC2(C)CCCN12. The van der Waals surface area contributed by atoms with Gasteiger partial charge in [-0.1, -0.05) is 5.16 Å². The van der Waals surface area contributed by atoms with E-state index >= 15 is 0 Å². The Labute approximate surface area is 60.6 Å². The van der Waals surface area contributed by atoms with Crippen molar-refractivity contribution in [2.24, 2.45) is 5.16 Å². The molecule has 3 heteroatoms. The number of fused-ring (bicyclic) bond motifs is 1. The molecule has 10 heavy (non-hydrogen) atoms. The number of rotatable bonds is 0. The van der Waals surface area contributed by atoms with Gasteiger partial charge in [0.2, 0.25) is 5.72 Å². The van der Waals surface area contributed by atoms with Crippen LogP contribution >= 0.6 is 0 Å². The summed E-state index contributed by atoms with van der Waals surface area (Å²) in [5.74, 6) is 1.03. The molecule has 0 saturated carbocycles. The topological polar surface area (TPSA) is 24.8 Å². The highest BCUT2D eigenvalue weighted by Gasteiger charge is 2.43.